The molecule has 3 aromatic carbocycles. The Morgan fingerprint density at radius 1 is 0.914 bits per heavy atom. The lowest BCUT2D eigenvalue weighted by atomic mass is 10.0. The van der Waals surface area contributed by atoms with Gasteiger partial charge >= 0.3 is 0 Å². The maximum atomic E-state index is 13.4. The zero-order chi connectivity index (χ0) is 24.4. The average molecular weight is 483 g/mol. The summed E-state index contributed by atoms with van der Waals surface area (Å²) < 4.78 is 6.12. The fraction of sp³-hybridized carbons (Fsp3) is 0.111. The molecule has 2 aromatic heterocycles. The summed E-state index contributed by atoms with van der Waals surface area (Å²) in [4.78, 5) is 34.3. The number of anilines is 2. The van der Waals surface area contributed by atoms with Crippen LogP contribution in [-0.4, -0.2) is 28.9 Å². The third-order valence-corrected chi connectivity index (χ3v) is 6.49. The predicted molar refractivity (Wildman–Crippen MR) is 140 cm³/mol. The maximum Gasteiger partial charge on any atom is 0.256 e. The Morgan fingerprint density at radius 3 is 2.49 bits per heavy atom. The van der Waals surface area contributed by atoms with Crippen LogP contribution in [0.15, 0.2) is 72.8 Å². The molecule has 0 bridgehead atoms. The first-order chi connectivity index (χ1) is 17.0. The van der Waals surface area contributed by atoms with Gasteiger partial charge in [-0.05, 0) is 54.6 Å². The Balaban J connectivity index is 1.48. The number of thiazole rings is 1. The molecule has 0 spiro atoms. The topological polar surface area (TPSA) is 93.2 Å². The van der Waals surface area contributed by atoms with E-state index in [9.17, 15) is 9.59 Å². The SMILES string of the molecule is CCC(=O)Nc1nc2ccc(NC(=O)c3cc(-c4ccc(OC)cc4)nc4ccccc34)cc2s1. The molecule has 35 heavy (non-hydrogen) atoms. The van der Waals surface area contributed by atoms with Crippen LogP contribution in [-0.2, 0) is 4.79 Å². The number of hydrogen-bond acceptors (Lipinski definition) is 6. The second-order valence-electron chi connectivity index (χ2n) is 7.86. The molecule has 0 saturated carbocycles. The molecule has 174 valence electrons. The van der Waals surface area contributed by atoms with Gasteiger partial charge in [-0.1, -0.05) is 36.5 Å². The summed E-state index contributed by atoms with van der Waals surface area (Å²) in [6, 6.07) is 22.5. The van der Waals surface area contributed by atoms with E-state index in [1.807, 2.05) is 66.7 Å². The van der Waals surface area contributed by atoms with Gasteiger partial charge in [0.05, 0.1) is 34.1 Å². The average Bonchev–Trinajstić information content (AvgIpc) is 3.29. The van der Waals surface area contributed by atoms with E-state index in [2.05, 4.69) is 15.6 Å². The molecule has 5 rings (SSSR count). The van der Waals surface area contributed by atoms with Crippen LogP contribution in [0.2, 0.25) is 0 Å². The van der Waals surface area contributed by atoms with Crippen LogP contribution >= 0.6 is 11.3 Å². The van der Waals surface area contributed by atoms with Crippen molar-refractivity contribution in [3.63, 3.8) is 0 Å². The van der Waals surface area contributed by atoms with Crippen LogP contribution in [0.4, 0.5) is 10.8 Å². The second kappa shape index (κ2) is 9.52. The Hall–Kier alpha value is -4.30. The third-order valence-electron chi connectivity index (χ3n) is 5.56. The van der Waals surface area contributed by atoms with Gasteiger partial charge in [0.15, 0.2) is 5.13 Å². The summed E-state index contributed by atoms with van der Waals surface area (Å²) in [5.74, 6) is 0.430. The number of amides is 2. The minimum atomic E-state index is -0.235. The van der Waals surface area contributed by atoms with Crippen LogP contribution in [0.25, 0.3) is 32.4 Å². The second-order valence-corrected chi connectivity index (χ2v) is 8.89. The van der Waals surface area contributed by atoms with Gasteiger partial charge in [-0.15, -0.1) is 0 Å². The number of nitrogens with one attached hydrogen (secondary N) is 2. The highest BCUT2D eigenvalue weighted by atomic mass is 32.1. The van der Waals surface area contributed by atoms with E-state index in [0.717, 1.165) is 32.4 Å². The lowest BCUT2D eigenvalue weighted by Crippen LogP contribution is -2.13. The number of pyridine rings is 1. The van der Waals surface area contributed by atoms with E-state index in [-0.39, 0.29) is 11.8 Å². The molecule has 0 radical (unpaired) electrons. The molecule has 0 aliphatic heterocycles. The van der Waals surface area contributed by atoms with E-state index in [1.165, 1.54) is 11.3 Å². The van der Waals surface area contributed by atoms with Crippen molar-refractivity contribution >= 4 is 55.1 Å². The van der Waals surface area contributed by atoms with Gasteiger partial charge in [0.25, 0.3) is 5.91 Å². The van der Waals surface area contributed by atoms with Crippen LogP contribution < -0.4 is 15.4 Å². The van der Waals surface area contributed by atoms with E-state index in [1.54, 1.807) is 20.1 Å². The van der Waals surface area contributed by atoms with Crippen LogP contribution in [0.5, 0.6) is 5.75 Å². The first-order valence-corrected chi connectivity index (χ1v) is 11.9. The zero-order valence-corrected chi connectivity index (χ0v) is 20.0. The van der Waals surface area contributed by atoms with Gasteiger partial charge in [0.2, 0.25) is 5.91 Å². The number of para-hydroxylation sites is 1. The van der Waals surface area contributed by atoms with Gasteiger partial charge in [-0.3, -0.25) is 9.59 Å². The summed E-state index contributed by atoms with van der Waals surface area (Å²) in [7, 11) is 1.62. The Bertz CT molecular complexity index is 1560. The van der Waals surface area contributed by atoms with Gasteiger partial charge in [-0.25, -0.2) is 9.97 Å². The van der Waals surface area contributed by atoms with Crippen LogP contribution in [0.3, 0.4) is 0 Å². The number of hydrogen-bond donors (Lipinski definition) is 2. The van der Waals surface area contributed by atoms with Gasteiger partial charge < -0.3 is 15.4 Å². The molecule has 5 aromatic rings. The fourth-order valence-electron chi connectivity index (χ4n) is 3.73. The highest BCUT2D eigenvalue weighted by Gasteiger charge is 2.15. The number of carbonyl (C=O) groups excluding carboxylic acids is 2. The van der Waals surface area contributed by atoms with Crippen molar-refractivity contribution in [3.8, 4) is 17.0 Å². The lowest BCUT2D eigenvalue weighted by molar-refractivity contribution is -0.115. The Kier molecular flexibility index (Phi) is 6.12. The van der Waals surface area contributed by atoms with Crippen molar-refractivity contribution in [2.75, 3.05) is 17.7 Å². The summed E-state index contributed by atoms with van der Waals surface area (Å²) in [6.45, 7) is 1.79. The molecule has 0 saturated heterocycles. The number of methoxy groups -OCH3 is 1. The van der Waals surface area contributed by atoms with Crippen molar-refractivity contribution in [3.05, 3.63) is 78.4 Å². The first kappa shape index (κ1) is 22.5. The highest BCUT2D eigenvalue weighted by molar-refractivity contribution is 7.22. The van der Waals surface area contributed by atoms with E-state index in [4.69, 9.17) is 9.72 Å². The smallest absolute Gasteiger partial charge is 0.256 e. The van der Waals surface area contributed by atoms with E-state index >= 15 is 0 Å². The molecular formula is C27H22N4O3S. The largest absolute Gasteiger partial charge is 0.497 e. The van der Waals surface area contributed by atoms with E-state index in [0.29, 0.717) is 28.5 Å². The normalized spacial score (nSPS) is 10.9. The quantitative estimate of drug-likeness (QED) is 0.304. The van der Waals surface area contributed by atoms with Crippen molar-refractivity contribution < 1.29 is 14.3 Å². The highest BCUT2D eigenvalue weighted by Crippen LogP contribution is 2.30. The molecule has 2 amide bonds. The van der Waals surface area contributed by atoms with Gasteiger partial charge in [0.1, 0.15) is 5.75 Å². The molecule has 0 atom stereocenters. The van der Waals surface area contributed by atoms with Crippen molar-refractivity contribution in [1.82, 2.24) is 9.97 Å². The monoisotopic (exact) mass is 482 g/mol. The van der Waals surface area contributed by atoms with Gasteiger partial charge in [0, 0.05) is 23.1 Å². The summed E-state index contributed by atoms with van der Waals surface area (Å²) in [5.41, 5.74) is 4.26. The lowest BCUT2D eigenvalue weighted by Gasteiger charge is -2.11. The minimum Gasteiger partial charge on any atom is -0.497 e. The predicted octanol–water partition coefficient (Wildman–Crippen LogP) is 6.12. The minimum absolute atomic E-state index is 0.0881. The molecule has 7 nitrogen and oxygen atoms in total. The molecular weight excluding hydrogens is 460 g/mol. The van der Waals surface area contributed by atoms with Crippen LogP contribution in [0.1, 0.15) is 23.7 Å². The number of benzene rings is 3. The number of carbonyl (C=O) groups is 2. The Morgan fingerprint density at radius 2 is 1.71 bits per heavy atom. The molecule has 2 heterocycles. The fourth-order valence-corrected chi connectivity index (χ4v) is 4.66. The Labute approximate surface area is 205 Å². The number of fused-ring (bicyclic) bond motifs is 2. The van der Waals surface area contributed by atoms with Gasteiger partial charge in [-0.2, -0.15) is 0 Å². The summed E-state index contributed by atoms with van der Waals surface area (Å²) in [5, 5.41) is 7.10. The maximum absolute atomic E-state index is 13.4. The van der Waals surface area contributed by atoms with Crippen molar-refractivity contribution in [2.24, 2.45) is 0 Å². The summed E-state index contributed by atoms with van der Waals surface area (Å²) >= 11 is 1.37. The van der Waals surface area contributed by atoms with Crippen molar-refractivity contribution in [1.29, 1.82) is 0 Å². The third kappa shape index (κ3) is 4.69. The molecule has 0 aliphatic carbocycles. The molecule has 0 fully saturated rings. The molecule has 2 N–H and O–H groups in total. The zero-order valence-electron chi connectivity index (χ0n) is 19.2. The number of aromatic nitrogens is 2. The number of ether oxygens (including phenoxy) is 1. The van der Waals surface area contributed by atoms with Crippen LogP contribution in [0, 0.1) is 0 Å². The first-order valence-electron chi connectivity index (χ1n) is 11.1. The number of rotatable bonds is 6. The van der Waals surface area contributed by atoms with E-state index < -0.39 is 0 Å². The molecule has 0 aliphatic rings. The number of nitrogens with zero attached hydrogens (tertiary/aromatic N) is 2. The molecule has 0 unspecified atom stereocenters. The molecule has 8 heteroatoms. The standard InChI is InChI=1S/C27H22N4O3S/c1-3-25(32)31-27-30-22-13-10-17(14-24(22)35-27)28-26(33)20-15-23(16-8-11-18(34-2)12-9-16)29-21-7-5-4-6-19(20)21/h4-15H,3H2,1-2H3,(H,28,33)(H,30,31,32). The summed E-state index contributed by atoms with van der Waals surface area (Å²) in [6.07, 6.45) is 0.385. The van der Waals surface area contributed by atoms with Crippen molar-refractivity contribution in [2.45, 2.75) is 13.3 Å².